The van der Waals surface area contributed by atoms with E-state index in [0.29, 0.717) is 12.0 Å². The molecule has 0 saturated carbocycles. The fraction of sp³-hybridized carbons (Fsp3) is 0.455. The highest BCUT2D eigenvalue weighted by Gasteiger charge is 2.19. The first-order chi connectivity index (χ1) is 13.0. The van der Waals surface area contributed by atoms with Crippen molar-refractivity contribution in [2.75, 3.05) is 31.1 Å². The van der Waals surface area contributed by atoms with Crippen LogP contribution in [-0.2, 0) is 0 Å². The molecule has 4 rings (SSSR count). The van der Waals surface area contributed by atoms with E-state index in [-0.39, 0.29) is 0 Å². The summed E-state index contributed by atoms with van der Waals surface area (Å²) in [5, 5.41) is 8.87. The predicted octanol–water partition coefficient (Wildman–Crippen LogP) is 4.28. The summed E-state index contributed by atoms with van der Waals surface area (Å²) in [5.74, 6) is 1.52. The van der Waals surface area contributed by atoms with Crippen LogP contribution >= 0.6 is 0 Å². The van der Waals surface area contributed by atoms with Gasteiger partial charge in [0.2, 0.25) is 0 Å². The van der Waals surface area contributed by atoms with Crippen LogP contribution in [0, 0.1) is 0 Å². The minimum atomic E-state index is 0.443. The van der Waals surface area contributed by atoms with Crippen molar-refractivity contribution in [2.24, 2.45) is 0 Å². The van der Waals surface area contributed by atoms with Crippen molar-refractivity contribution in [3.8, 4) is 11.1 Å². The molecule has 0 unspecified atom stereocenters. The summed E-state index contributed by atoms with van der Waals surface area (Å²) in [6, 6.07) is 11.4. The predicted molar refractivity (Wildman–Crippen MR) is 112 cm³/mol. The Balaban J connectivity index is 1.52. The normalized spacial score (nSPS) is 16.0. The lowest BCUT2D eigenvalue weighted by Crippen LogP contribution is -2.49. The molecule has 1 fully saturated rings. The number of H-pyrrole nitrogens is 1. The molecule has 0 aliphatic carbocycles. The molecule has 27 heavy (non-hydrogen) atoms. The first-order valence-corrected chi connectivity index (χ1v) is 9.96. The van der Waals surface area contributed by atoms with E-state index < -0.39 is 0 Å². The zero-order chi connectivity index (χ0) is 19.0. The van der Waals surface area contributed by atoms with Crippen LogP contribution in [0.2, 0.25) is 0 Å². The third-order valence-corrected chi connectivity index (χ3v) is 5.61. The summed E-state index contributed by atoms with van der Waals surface area (Å²) in [4.78, 5) is 9.65. The van der Waals surface area contributed by atoms with Gasteiger partial charge in [0.05, 0.1) is 5.52 Å². The smallest absolute Gasteiger partial charge is 0.128 e. The van der Waals surface area contributed by atoms with Crippen LogP contribution < -0.4 is 4.90 Å². The van der Waals surface area contributed by atoms with Gasteiger partial charge in [-0.15, -0.1) is 0 Å². The van der Waals surface area contributed by atoms with Gasteiger partial charge in [0.1, 0.15) is 5.82 Å². The van der Waals surface area contributed by atoms with Gasteiger partial charge in [0.15, 0.2) is 0 Å². The number of fused-ring (bicyclic) bond motifs is 1. The Morgan fingerprint density at radius 3 is 2.30 bits per heavy atom. The van der Waals surface area contributed by atoms with Gasteiger partial charge < -0.3 is 4.90 Å². The number of aromatic amines is 1. The average molecular weight is 364 g/mol. The molecule has 5 heteroatoms. The van der Waals surface area contributed by atoms with Gasteiger partial charge in [-0.1, -0.05) is 26.0 Å². The van der Waals surface area contributed by atoms with Crippen LogP contribution in [0.15, 0.2) is 36.5 Å². The number of nitrogens with one attached hydrogen (secondary N) is 1. The monoisotopic (exact) mass is 363 g/mol. The van der Waals surface area contributed by atoms with Crippen molar-refractivity contribution in [3.63, 3.8) is 0 Å². The maximum absolute atomic E-state index is 4.74. The molecule has 142 valence electrons. The van der Waals surface area contributed by atoms with Crippen molar-refractivity contribution in [3.05, 3.63) is 42.2 Å². The van der Waals surface area contributed by atoms with Crippen LogP contribution in [-0.4, -0.2) is 52.3 Å². The highest BCUT2D eigenvalue weighted by Crippen LogP contribution is 2.28. The van der Waals surface area contributed by atoms with Gasteiger partial charge in [-0.3, -0.25) is 10.00 Å². The molecule has 1 saturated heterocycles. The van der Waals surface area contributed by atoms with Gasteiger partial charge in [0, 0.05) is 55.1 Å². The van der Waals surface area contributed by atoms with Crippen molar-refractivity contribution in [1.29, 1.82) is 0 Å². The van der Waals surface area contributed by atoms with E-state index in [9.17, 15) is 0 Å². The summed E-state index contributed by atoms with van der Waals surface area (Å²) in [6.45, 7) is 13.2. The lowest BCUT2D eigenvalue weighted by atomic mass is 10.0. The molecule has 1 aromatic carbocycles. The van der Waals surface area contributed by atoms with Gasteiger partial charge >= 0.3 is 0 Å². The highest BCUT2D eigenvalue weighted by molar-refractivity contribution is 5.86. The molecule has 0 spiro atoms. The zero-order valence-corrected chi connectivity index (χ0v) is 16.7. The molecule has 0 amide bonds. The molecule has 3 heterocycles. The average Bonchev–Trinajstić information content (AvgIpc) is 3.12. The molecule has 0 atom stereocenters. The molecule has 5 nitrogen and oxygen atoms in total. The highest BCUT2D eigenvalue weighted by atomic mass is 15.3. The molecule has 1 N–H and O–H groups in total. The summed E-state index contributed by atoms with van der Waals surface area (Å²) in [6.07, 6.45) is 1.99. The number of benzene rings is 1. The summed E-state index contributed by atoms with van der Waals surface area (Å²) in [7, 11) is 0. The second kappa shape index (κ2) is 7.31. The second-order valence-corrected chi connectivity index (χ2v) is 8.05. The van der Waals surface area contributed by atoms with E-state index in [0.717, 1.165) is 48.6 Å². The molecule has 1 aliphatic heterocycles. The Morgan fingerprint density at radius 2 is 1.67 bits per heavy atom. The topological polar surface area (TPSA) is 48.1 Å². The third kappa shape index (κ3) is 3.56. The Bertz CT molecular complexity index is 902. The lowest BCUT2D eigenvalue weighted by Gasteiger charge is -2.37. The van der Waals surface area contributed by atoms with Crippen molar-refractivity contribution < 1.29 is 0 Å². The number of anilines is 1. The summed E-state index contributed by atoms with van der Waals surface area (Å²) >= 11 is 0. The molecular weight excluding hydrogens is 334 g/mol. The Kier molecular flexibility index (Phi) is 4.87. The van der Waals surface area contributed by atoms with E-state index in [1.54, 1.807) is 0 Å². The number of piperazine rings is 1. The number of rotatable bonds is 4. The fourth-order valence-electron chi connectivity index (χ4n) is 3.86. The number of aromatic nitrogens is 3. The first kappa shape index (κ1) is 18.0. The van der Waals surface area contributed by atoms with E-state index >= 15 is 0 Å². The minimum absolute atomic E-state index is 0.443. The summed E-state index contributed by atoms with van der Waals surface area (Å²) < 4.78 is 0. The van der Waals surface area contributed by atoms with Crippen LogP contribution in [0.3, 0.4) is 0 Å². The molecule has 2 aromatic heterocycles. The van der Waals surface area contributed by atoms with Gasteiger partial charge in [0.25, 0.3) is 0 Å². The van der Waals surface area contributed by atoms with Crippen molar-refractivity contribution in [2.45, 2.75) is 39.7 Å². The lowest BCUT2D eigenvalue weighted by molar-refractivity contribution is 0.209. The summed E-state index contributed by atoms with van der Waals surface area (Å²) in [5.41, 5.74) is 4.51. The third-order valence-electron chi connectivity index (χ3n) is 5.61. The largest absolute Gasteiger partial charge is 0.354 e. The van der Waals surface area contributed by atoms with Crippen LogP contribution in [0.4, 0.5) is 5.82 Å². The van der Waals surface area contributed by atoms with Crippen LogP contribution in [0.25, 0.3) is 22.0 Å². The van der Waals surface area contributed by atoms with E-state index in [4.69, 9.17) is 4.98 Å². The SMILES string of the molecule is CC(C)c1[nH]nc2cc(-c3ccc(N4CCN(C(C)C)CC4)nc3)ccc12. The van der Waals surface area contributed by atoms with E-state index in [1.807, 2.05) is 6.20 Å². The minimum Gasteiger partial charge on any atom is -0.354 e. The molecule has 0 radical (unpaired) electrons. The van der Waals surface area contributed by atoms with Crippen molar-refractivity contribution in [1.82, 2.24) is 20.1 Å². The van der Waals surface area contributed by atoms with Gasteiger partial charge in [-0.05, 0) is 43.5 Å². The maximum atomic E-state index is 4.74. The molecule has 0 bridgehead atoms. The maximum Gasteiger partial charge on any atom is 0.128 e. The van der Waals surface area contributed by atoms with E-state index in [1.165, 1.54) is 11.1 Å². The standard InChI is InChI=1S/C22H29N5/c1-15(2)22-19-7-5-17(13-20(19)24-25-22)18-6-8-21(23-14-18)27-11-9-26(10-12-27)16(3)4/h5-8,13-16H,9-12H2,1-4H3,(H,24,25). The quantitative estimate of drug-likeness (QED) is 0.752. The van der Waals surface area contributed by atoms with Gasteiger partial charge in [-0.25, -0.2) is 4.98 Å². The van der Waals surface area contributed by atoms with Crippen LogP contribution in [0.5, 0.6) is 0 Å². The second-order valence-electron chi connectivity index (χ2n) is 8.05. The number of nitrogens with zero attached hydrogens (tertiary/aromatic N) is 4. The first-order valence-electron chi connectivity index (χ1n) is 9.96. The van der Waals surface area contributed by atoms with Crippen LogP contribution in [0.1, 0.15) is 39.3 Å². The fourth-order valence-corrected chi connectivity index (χ4v) is 3.86. The molecule has 1 aliphatic rings. The Labute approximate surface area is 161 Å². The number of pyridine rings is 1. The van der Waals surface area contributed by atoms with Gasteiger partial charge in [-0.2, -0.15) is 5.10 Å². The van der Waals surface area contributed by atoms with E-state index in [2.05, 4.69) is 78.0 Å². The number of hydrogen-bond donors (Lipinski definition) is 1. The zero-order valence-electron chi connectivity index (χ0n) is 16.7. The Hall–Kier alpha value is -2.40. The van der Waals surface area contributed by atoms with Crippen molar-refractivity contribution >= 4 is 16.7 Å². The molecular formula is C22H29N5. The molecule has 3 aromatic rings. The number of hydrogen-bond acceptors (Lipinski definition) is 4. The Morgan fingerprint density at radius 1 is 0.926 bits per heavy atom.